The standard InChI is InChI=1S/C12H10INO3/c13-9-3-1-8(2-4-9)10(15)7-14-11(16)5-6-12(14)17/h1-4H,5-7H2. The highest BCUT2D eigenvalue weighted by molar-refractivity contribution is 14.1. The molecule has 1 heterocycles. The number of imide groups is 1. The number of carbonyl (C=O) groups excluding carboxylic acids is 3. The molecule has 0 spiro atoms. The van der Waals surface area contributed by atoms with E-state index < -0.39 is 0 Å². The van der Waals surface area contributed by atoms with Crippen LogP contribution in [0.3, 0.4) is 0 Å². The van der Waals surface area contributed by atoms with Gasteiger partial charge in [0.2, 0.25) is 11.8 Å². The fraction of sp³-hybridized carbons (Fsp3) is 0.250. The average molecular weight is 343 g/mol. The van der Waals surface area contributed by atoms with Gasteiger partial charge in [-0.15, -0.1) is 0 Å². The first-order valence-corrected chi connectivity index (χ1v) is 6.28. The Labute approximate surface area is 112 Å². The molecule has 0 bridgehead atoms. The predicted molar refractivity (Wildman–Crippen MR) is 69.4 cm³/mol. The molecule has 1 aliphatic rings. The van der Waals surface area contributed by atoms with E-state index in [2.05, 4.69) is 22.6 Å². The van der Waals surface area contributed by atoms with Gasteiger partial charge in [-0.25, -0.2) is 0 Å². The van der Waals surface area contributed by atoms with Crippen molar-refractivity contribution in [2.75, 3.05) is 6.54 Å². The van der Waals surface area contributed by atoms with Gasteiger partial charge in [0, 0.05) is 22.0 Å². The molecule has 0 atom stereocenters. The molecule has 1 aromatic carbocycles. The maximum absolute atomic E-state index is 11.9. The second kappa shape index (κ2) is 4.95. The number of ketones is 1. The first-order valence-electron chi connectivity index (χ1n) is 5.20. The van der Waals surface area contributed by atoms with Crippen LogP contribution in [0.2, 0.25) is 0 Å². The van der Waals surface area contributed by atoms with E-state index in [1.807, 2.05) is 12.1 Å². The first kappa shape index (κ1) is 12.2. The molecule has 1 saturated heterocycles. The van der Waals surface area contributed by atoms with E-state index in [9.17, 15) is 14.4 Å². The lowest BCUT2D eigenvalue weighted by atomic mass is 10.1. The summed E-state index contributed by atoms with van der Waals surface area (Å²) in [7, 11) is 0. The predicted octanol–water partition coefficient (Wildman–Crippen LogP) is 1.62. The SMILES string of the molecule is O=C(CN1C(=O)CCC1=O)c1ccc(I)cc1. The van der Waals surface area contributed by atoms with Gasteiger partial charge in [0.05, 0.1) is 6.54 Å². The van der Waals surface area contributed by atoms with E-state index in [1.54, 1.807) is 12.1 Å². The minimum absolute atomic E-state index is 0.141. The van der Waals surface area contributed by atoms with Crippen molar-refractivity contribution in [2.24, 2.45) is 0 Å². The number of benzene rings is 1. The monoisotopic (exact) mass is 343 g/mol. The van der Waals surface area contributed by atoms with Crippen LogP contribution < -0.4 is 0 Å². The van der Waals surface area contributed by atoms with Gasteiger partial charge in [-0.05, 0) is 34.7 Å². The number of carbonyl (C=O) groups is 3. The Balaban J connectivity index is 2.09. The molecule has 88 valence electrons. The van der Waals surface area contributed by atoms with Gasteiger partial charge in [-0.1, -0.05) is 12.1 Å². The molecule has 0 radical (unpaired) electrons. The maximum Gasteiger partial charge on any atom is 0.230 e. The van der Waals surface area contributed by atoms with Gasteiger partial charge in [0.15, 0.2) is 5.78 Å². The molecular weight excluding hydrogens is 333 g/mol. The molecular formula is C12H10INO3. The third-order valence-corrected chi connectivity index (χ3v) is 3.34. The molecule has 1 aliphatic heterocycles. The van der Waals surface area contributed by atoms with E-state index in [0.29, 0.717) is 5.56 Å². The zero-order valence-electron chi connectivity index (χ0n) is 8.98. The van der Waals surface area contributed by atoms with Gasteiger partial charge in [-0.2, -0.15) is 0 Å². The summed E-state index contributed by atoms with van der Waals surface area (Å²) in [4.78, 5) is 35.6. The quantitative estimate of drug-likeness (QED) is 0.476. The lowest BCUT2D eigenvalue weighted by Crippen LogP contribution is -2.34. The zero-order valence-corrected chi connectivity index (χ0v) is 11.1. The van der Waals surface area contributed by atoms with Gasteiger partial charge in [0.25, 0.3) is 0 Å². The summed E-state index contributed by atoms with van der Waals surface area (Å²) in [6, 6.07) is 7.05. The summed E-state index contributed by atoms with van der Waals surface area (Å²) in [5, 5.41) is 0. The highest BCUT2D eigenvalue weighted by atomic mass is 127. The molecule has 1 fully saturated rings. The van der Waals surface area contributed by atoms with Crippen molar-refractivity contribution in [3.63, 3.8) is 0 Å². The topological polar surface area (TPSA) is 54.5 Å². The number of amides is 2. The molecule has 0 unspecified atom stereocenters. The molecule has 0 aliphatic carbocycles. The highest BCUT2D eigenvalue weighted by Crippen LogP contribution is 2.13. The minimum Gasteiger partial charge on any atom is -0.292 e. The fourth-order valence-corrected chi connectivity index (χ4v) is 2.03. The fourth-order valence-electron chi connectivity index (χ4n) is 1.67. The largest absolute Gasteiger partial charge is 0.292 e. The van der Waals surface area contributed by atoms with Gasteiger partial charge < -0.3 is 0 Å². The van der Waals surface area contributed by atoms with E-state index in [1.165, 1.54) is 0 Å². The third kappa shape index (κ3) is 2.71. The molecule has 0 N–H and O–H groups in total. The van der Waals surface area contributed by atoms with Crippen molar-refractivity contribution in [2.45, 2.75) is 12.8 Å². The van der Waals surface area contributed by atoms with Gasteiger partial charge >= 0.3 is 0 Å². The van der Waals surface area contributed by atoms with Crippen molar-refractivity contribution in [1.82, 2.24) is 4.90 Å². The maximum atomic E-state index is 11.9. The number of rotatable bonds is 3. The Morgan fingerprint density at radius 1 is 1.12 bits per heavy atom. The summed E-state index contributed by atoms with van der Waals surface area (Å²) < 4.78 is 1.03. The normalized spacial score (nSPS) is 15.5. The van der Waals surface area contributed by atoms with E-state index in [-0.39, 0.29) is 37.0 Å². The number of halogens is 1. The van der Waals surface area contributed by atoms with Crippen molar-refractivity contribution in [3.8, 4) is 0 Å². The second-order valence-corrected chi connectivity index (χ2v) is 5.05. The summed E-state index contributed by atoms with van der Waals surface area (Å²) in [5.41, 5.74) is 0.526. The highest BCUT2D eigenvalue weighted by Gasteiger charge is 2.30. The van der Waals surface area contributed by atoms with Crippen molar-refractivity contribution in [1.29, 1.82) is 0 Å². The van der Waals surface area contributed by atoms with Crippen LogP contribution in [0.4, 0.5) is 0 Å². The van der Waals surface area contributed by atoms with Crippen LogP contribution in [0, 0.1) is 3.57 Å². The van der Waals surface area contributed by atoms with E-state index in [0.717, 1.165) is 8.47 Å². The number of hydrogen-bond acceptors (Lipinski definition) is 3. The summed E-state index contributed by atoms with van der Waals surface area (Å²) >= 11 is 2.15. The lowest BCUT2D eigenvalue weighted by molar-refractivity contribution is -0.137. The second-order valence-electron chi connectivity index (χ2n) is 3.80. The van der Waals surface area contributed by atoms with E-state index in [4.69, 9.17) is 0 Å². The molecule has 5 heteroatoms. The van der Waals surface area contributed by atoms with Crippen LogP contribution in [0.25, 0.3) is 0 Å². The molecule has 4 nitrogen and oxygen atoms in total. The Bertz CT molecular complexity index is 465. The van der Waals surface area contributed by atoms with Crippen LogP contribution in [0.15, 0.2) is 24.3 Å². The Morgan fingerprint density at radius 3 is 2.18 bits per heavy atom. The number of nitrogens with zero attached hydrogens (tertiary/aromatic N) is 1. The van der Waals surface area contributed by atoms with Crippen molar-refractivity contribution >= 4 is 40.2 Å². The lowest BCUT2D eigenvalue weighted by Gasteiger charge is -2.12. The Hall–Kier alpha value is -1.24. The first-order chi connectivity index (χ1) is 8.08. The Kier molecular flexibility index (Phi) is 3.56. The van der Waals surface area contributed by atoms with Crippen molar-refractivity contribution < 1.29 is 14.4 Å². The number of hydrogen-bond donors (Lipinski definition) is 0. The van der Waals surface area contributed by atoms with E-state index >= 15 is 0 Å². The summed E-state index contributed by atoms with van der Waals surface area (Å²) in [6.45, 7) is -0.141. The summed E-state index contributed by atoms with van der Waals surface area (Å²) in [5.74, 6) is -0.715. The molecule has 0 aromatic heterocycles. The number of likely N-dealkylation sites (tertiary alicyclic amines) is 1. The summed E-state index contributed by atoms with van der Waals surface area (Å²) in [6.07, 6.45) is 0.442. The Morgan fingerprint density at radius 2 is 1.65 bits per heavy atom. The van der Waals surface area contributed by atoms with Crippen LogP contribution in [-0.4, -0.2) is 29.0 Å². The molecule has 2 amide bonds. The molecule has 17 heavy (non-hydrogen) atoms. The number of Topliss-reactive ketones (excluding diaryl/α,β-unsaturated/α-hetero) is 1. The third-order valence-electron chi connectivity index (χ3n) is 2.62. The van der Waals surface area contributed by atoms with Crippen molar-refractivity contribution in [3.05, 3.63) is 33.4 Å². The molecule has 0 saturated carbocycles. The average Bonchev–Trinajstić information content (AvgIpc) is 2.61. The minimum atomic E-state index is -0.256. The van der Waals surface area contributed by atoms with Crippen LogP contribution >= 0.6 is 22.6 Å². The van der Waals surface area contributed by atoms with Crippen LogP contribution in [0.5, 0.6) is 0 Å². The molecule has 2 rings (SSSR count). The smallest absolute Gasteiger partial charge is 0.230 e. The van der Waals surface area contributed by atoms with Gasteiger partial charge in [-0.3, -0.25) is 19.3 Å². The zero-order chi connectivity index (χ0) is 12.4. The van der Waals surface area contributed by atoms with Crippen LogP contribution in [-0.2, 0) is 9.59 Å². The van der Waals surface area contributed by atoms with Crippen LogP contribution in [0.1, 0.15) is 23.2 Å². The van der Waals surface area contributed by atoms with Gasteiger partial charge in [0.1, 0.15) is 0 Å². The molecule has 1 aromatic rings.